The van der Waals surface area contributed by atoms with Gasteiger partial charge in [-0.1, -0.05) is 26.2 Å². The van der Waals surface area contributed by atoms with Gasteiger partial charge in [0.25, 0.3) is 0 Å². The lowest BCUT2D eigenvalue weighted by Crippen LogP contribution is -2.44. The Morgan fingerprint density at radius 3 is 2.61 bits per heavy atom. The quantitative estimate of drug-likeness (QED) is 0.722. The number of carbonyl (C=O) groups excluding carboxylic acids is 1. The van der Waals surface area contributed by atoms with Crippen LogP contribution in [0.25, 0.3) is 0 Å². The highest BCUT2D eigenvalue weighted by Crippen LogP contribution is 2.28. The van der Waals surface area contributed by atoms with Gasteiger partial charge in [0.2, 0.25) is 5.91 Å². The molecule has 2 unspecified atom stereocenters. The van der Waals surface area contributed by atoms with Crippen LogP contribution in [-0.4, -0.2) is 33.9 Å². The van der Waals surface area contributed by atoms with Crippen molar-refractivity contribution < 1.29 is 9.90 Å². The van der Waals surface area contributed by atoms with E-state index >= 15 is 0 Å². The molecule has 1 aromatic rings. The zero-order valence-electron chi connectivity index (χ0n) is 14.7. The highest BCUT2D eigenvalue weighted by molar-refractivity contribution is 5.79. The molecule has 1 fully saturated rings. The maximum Gasteiger partial charge on any atom is 0.223 e. The van der Waals surface area contributed by atoms with Crippen LogP contribution in [0.5, 0.6) is 0 Å². The molecule has 2 rings (SSSR count). The van der Waals surface area contributed by atoms with Crippen molar-refractivity contribution in [2.24, 2.45) is 11.8 Å². The number of nitrogens with zero attached hydrogens (tertiary/aromatic N) is 1. The average molecular weight is 321 g/mol. The lowest BCUT2D eigenvalue weighted by Gasteiger charge is -2.31. The standard InChI is InChI=1S/C18H31N3O2/c1-12(11-16-13(2)20-21-14(16)3)18(23)19-17(9-10-22)15-7-5-4-6-8-15/h12,15,17,22H,4-11H2,1-3H3,(H,19,23)(H,20,21). The number of carbonyl (C=O) groups is 1. The van der Waals surface area contributed by atoms with Crippen LogP contribution in [0.3, 0.4) is 0 Å². The molecule has 130 valence electrons. The highest BCUT2D eigenvalue weighted by atomic mass is 16.3. The van der Waals surface area contributed by atoms with Gasteiger partial charge in [0.05, 0.1) is 5.69 Å². The maximum absolute atomic E-state index is 12.6. The van der Waals surface area contributed by atoms with Crippen molar-refractivity contribution in [3.8, 4) is 0 Å². The van der Waals surface area contributed by atoms with Crippen molar-refractivity contribution in [1.82, 2.24) is 15.5 Å². The summed E-state index contributed by atoms with van der Waals surface area (Å²) in [5.41, 5.74) is 3.16. The van der Waals surface area contributed by atoms with Crippen LogP contribution >= 0.6 is 0 Å². The van der Waals surface area contributed by atoms with E-state index in [1.165, 1.54) is 32.1 Å². The lowest BCUT2D eigenvalue weighted by molar-refractivity contribution is -0.125. The first kappa shape index (κ1) is 18.0. The zero-order chi connectivity index (χ0) is 16.8. The maximum atomic E-state index is 12.6. The minimum absolute atomic E-state index is 0.0882. The summed E-state index contributed by atoms with van der Waals surface area (Å²) in [7, 11) is 0. The number of aliphatic hydroxyl groups excluding tert-OH is 1. The molecule has 2 atom stereocenters. The van der Waals surface area contributed by atoms with Crippen LogP contribution in [0.15, 0.2) is 0 Å². The Morgan fingerprint density at radius 2 is 2.04 bits per heavy atom. The SMILES string of the molecule is Cc1n[nH]c(C)c1CC(C)C(=O)NC(CCO)C1CCCCC1. The summed E-state index contributed by atoms with van der Waals surface area (Å²) in [6.07, 6.45) is 7.48. The average Bonchev–Trinajstić information content (AvgIpc) is 2.87. The first-order valence-electron chi connectivity index (χ1n) is 8.94. The molecule has 1 aliphatic rings. The van der Waals surface area contributed by atoms with Crippen molar-refractivity contribution >= 4 is 5.91 Å². The van der Waals surface area contributed by atoms with Gasteiger partial charge in [0, 0.05) is 24.3 Å². The second-order valence-corrected chi connectivity index (χ2v) is 7.04. The fourth-order valence-electron chi connectivity index (χ4n) is 3.70. The fraction of sp³-hybridized carbons (Fsp3) is 0.778. The van der Waals surface area contributed by atoms with Gasteiger partial charge >= 0.3 is 0 Å². The minimum atomic E-state index is -0.0882. The molecular weight excluding hydrogens is 290 g/mol. The molecule has 0 aliphatic heterocycles. The predicted molar refractivity (Wildman–Crippen MR) is 91.1 cm³/mol. The number of H-pyrrole nitrogens is 1. The first-order valence-corrected chi connectivity index (χ1v) is 8.94. The van der Waals surface area contributed by atoms with Gasteiger partial charge in [0.15, 0.2) is 0 Å². The summed E-state index contributed by atoms with van der Waals surface area (Å²) >= 11 is 0. The molecule has 1 aromatic heterocycles. The Hall–Kier alpha value is -1.36. The van der Waals surface area contributed by atoms with E-state index in [2.05, 4.69) is 15.5 Å². The number of aliphatic hydroxyl groups is 1. The van der Waals surface area contributed by atoms with Gasteiger partial charge in [-0.3, -0.25) is 9.89 Å². The number of aryl methyl sites for hydroxylation is 2. The minimum Gasteiger partial charge on any atom is -0.396 e. The molecule has 5 nitrogen and oxygen atoms in total. The van der Waals surface area contributed by atoms with Crippen LogP contribution in [0.1, 0.15) is 62.4 Å². The highest BCUT2D eigenvalue weighted by Gasteiger charge is 2.26. The lowest BCUT2D eigenvalue weighted by atomic mass is 9.82. The summed E-state index contributed by atoms with van der Waals surface area (Å²) in [5.74, 6) is 0.522. The number of aromatic nitrogens is 2. The molecule has 1 aliphatic carbocycles. The zero-order valence-corrected chi connectivity index (χ0v) is 14.7. The Bertz CT molecular complexity index is 487. The topological polar surface area (TPSA) is 78.0 Å². The van der Waals surface area contributed by atoms with Gasteiger partial charge in [-0.25, -0.2) is 0 Å². The smallest absolute Gasteiger partial charge is 0.223 e. The van der Waals surface area contributed by atoms with Gasteiger partial charge < -0.3 is 10.4 Å². The molecule has 5 heteroatoms. The van der Waals surface area contributed by atoms with Crippen LogP contribution in [0.2, 0.25) is 0 Å². The number of aromatic amines is 1. The summed E-state index contributed by atoms with van der Waals surface area (Å²) in [4.78, 5) is 12.6. The van der Waals surface area contributed by atoms with Crippen LogP contribution in [0, 0.1) is 25.7 Å². The number of nitrogens with one attached hydrogen (secondary N) is 2. The molecule has 0 saturated heterocycles. The van der Waals surface area contributed by atoms with Crippen molar-refractivity contribution in [2.75, 3.05) is 6.61 Å². The van der Waals surface area contributed by atoms with Crippen molar-refractivity contribution in [2.45, 2.75) is 71.8 Å². The molecular formula is C18H31N3O2. The molecule has 0 radical (unpaired) electrons. The second kappa shape index (κ2) is 8.48. The molecule has 0 bridgehead atoms. The van der Waals surface area contributed by atoms with Gasteiger partial charge in [-0.2, -0.15) is 5.10 Å². The molecule has 0 aromatic carbocycles. The van der Waals surface area contributed by atoms with Gasteiger partial charge in [0.1, 0.15) is 0 Å². The predicted octanol–water partition coefficient (Wildman–Crippen LogP) is 2.65. The third-order valence-corrected chi connectivity index (χ3v) is 5.23. The summed E-state index contributed by atoms with van der Waals surface area (Å²) in [6, 6.07) is 0.113. The van der Waals surface area contributed by atoms with E-state index in [9.17, 15) is 9.90 Å². The summed E-state index contributed by atoms with van der Waals surface area (Å²) < 4.78 is 0. The van der Waals surface area contributed by atoms with E-state index in [0.29, 0.717) is 18.8 Å². The van der Waals surface area contributed by atoms with E-state index in [1.807, 2.05) is 20.8 Å². The third-order valence-electron chi connectivity index (χ3n) is 5.23. The van der Waals surface area contributed by atoms with E-state index in [4.69, 9.17) is 0 Å². The third kappa shape index (κ3) is 4.80. The van der Waals surface area contributed by atoms with Gasteiger partial charge in [-0.05, 0) is 51.0 Å². The van der Waals surface area contributed by atoms with Crippen molar-refractivity contribution in [1.29, 1.82) is 0 Å². The molecule has 1 heterocycles. The number of rotatable bonds is 7. The number of amides is 1. The van der Waals surface area contributed by atoms with E-state index in [1.54, 1.807) is 0 Å². The van der Waals surface area contributed by atoms with E-state index in [0.717, 1.165) is 17.0 Å². The molecule has 3 N–H and O–H groups in total. The largest absolute Gasteiger partial charge is 0.396 e. The Morgan fingerprint density at radius 1 is 1.35 bits per heavy atom. The van der Waals surface area contributed by atoms with Crippen LogP contribution in [0.4, 0.5) is 0 Å². The molecule has 23 heavy (non-hydrogen) atoms. The molecule has 1 saturated carbocycles. The summed E-state index contributed by atoms with van der Waals surface area (Å²) in [6.45, 7) is 6.07. The van der Waals surface area contributed by atoms with E-state index < -0.39 is 0 Å². The van der Waals surface area contributed by atoms with Crippen LogP contribution < -0.4 is 5.32 Å². The Balaban J connectivity index is 1.94. The van der Waals surface area contributed by atoms with Crippen molar-refractivity contribution in [3.63, 3.8) is 0 Å². The first-order chi connectivity index (χ1) is 11.0. The van der Waals surface area contributed by atoms with Crippen LogP contribution in [-0.2, 0) is 11.2 Å². The van der Waals surface area contributed by atoms with Crippen molar-refractivity contribution in [3.05, 3.63) is 17.0 Å². The molecule has 0 spiro atoms. The number of hydrogen-bond acceptors (Lipinski definition) is 3. The monoisotopic (exact) mass is 321 g/mol. The Kier molecular flexibility index (Phi) is 6.63. The Labute approximate surface area is 139 Å². The fourth-order valence-corrected chi connectivity index (χ4v) is 3.70. The van der Waals surface area contributed by atoms with Gasteiger partial charge in [-0.15, -0.1) is 0 Å². The normalized spacial score (nSPS) is 18.6. The van der Waals surface area contributed by atoms with E-state index in [-0.39, 0.29) is 24.5 Å². The second-order valence-electron chi connectivity index (χ2n) is 7.04. The molecule has 1 amide bonds. The number of hydrogen-bond donors (Lipinski definition) is 3. The summed E-state index contributed by atoms with van der Waals surface area (Å²) in [5, 5.41) is 19.7.